The molecule has 1 aromatic carbocycles. The Bertz CT molecular complexity index is 1300. The summed E-state index contributed by atoms with van der Waals surface area (Å²) in [5.41, 5.74) is -1.91. The quantitative estimate of drug-likeness (QED) is 0.404. The summed E-state index contributed by atoms with van der Waals surface area (Å²) in [6, 6.07) is 8.07. The molecule has 9 nitrogen and oxygen atoms in total. The highest BCUT2D eigenvalue weighted by atomic mass is 19.4. The van der Waals surface area contributed by atoms with Gasteiger partial charge in [-0.3, -0.25) is 19.4 Å². The number of halogens is 3. The first-order chi connectivity index (χ1) is 16.6. The number of aromatic amines is 1. The number of carbonyl (C=O) groups excluding carboxylic acids is 2. The highest BCUT2D eigenvalue weighted by Crippen LogP contribution is 2.40. The van der Waals surface area contributed by atoms with Crippen molar-refractivity contribution >= 4 is 11.8 Å². The van der Waals surface area contributed by atoms with E-state index in [9.17, 15) is 32.7 Å². The molecule has 0 atom stereocenters. The number of nitrogens with one attached hydrogen (secondary N) is 3. The number of nitrogens with zero attached hydrogens (tertiary/aromatic N) is 1. The lowest BCUT2D eigenvalue weighted by molar-refractivity contribution is -0.138. The van der Waals surface area contributed by atoms with Crippen molar-refractivity contribution in [1.82, 2.24) is 20.6 Å². The Balaban J connectivity index is 1.35. The van der Waals surface area contributed by atoms with Crippen molar-refractivity contribution in [3.63, 3.8) is 0 Å². The number of aromatic nitrogens is 2. The third-order valence-corrected chi connectivity index (χ3v) is 5.31. The Hall–Kier alpha value is -4.35. The van der Waals surface area contributed by atoms with Crippen molar-refractivity contribution in [3.05, 3.63) is 82.0 Å². The fourth-order valence-electron chi connectivity index (χ4n) is 3.25. The van der Waals surface area contributed by atoms with Gasteiger partial charge in [0.05, 0.1) is 24.0 Å². The molecule has 35 heavy (non-hydrogen) atoms. The molecule has 2 heterocycles. The van der Waals surface area contributed by atoms with E-state index in [4.69, 9.17) is 4.74 Å². The van der Waals surface area contributed by atoms with Crippen LogP contribution in [0.1, 0.15) is 34.5 Å². The van der Waals surface area contributed by atoms with Crippen molar-refractivity contribution in [1.29, 1.82) is 0 Å². The van der Waals surface area contributed by atoms with Crippen LogP contribution in [0.25, 0.3) is 0 Å². The zero-order valence-corrected chi connectivity index (χ0v) is 18.0. The van der Waals surface area contributed by atoms with Crippen molar-refractivity contribution < 1.29 is 32.6 Å². The molecule has 2 amide bonds. The van der Waals surface area contributed by atoms with Gasteiger partial charge in [0, 0.05) is 12.3 Å². The van der Waals surface area contributed by atoms with Gasteiger partial charge in [-0.15, -0.1) is 0 Å². The molecule has 1 saturated carbocycles. The van der Waals surface area contributed by atoms with Crippen LogP contribution in [0, 0.1) is 0 Å². The van der Waals surface area contributed by atoms with E-state index in [2.05, 4.69) is 20.6 Å². The molecule has 0 unspecified atom stereocenters. The van der Waals surface area contributed by atoms with Crippen LogP contribution >= 0.6 is 0 Å². The molecule has 1 aliphatic rings. The Labute approximate surface area is 196 Å². The van der Waals surface area contributed by atoms with Crippen LogP contribution in [0.5, 0.6) is 17.2 Å². The number of phenols is 1. The Morgan fingerprint density at radius 2 is 1.91 bits per heavy atom. The predicted octanol–water partition coefficient (Wildman–Crippen LogP) is 2.87. The molecule has 182 valence electrons. The summed E-state index contributed by atoms with van der Waals surface area (Å²) in [7, 11) is 0. The van der Waals surface area contributed by atoms with E-state index in [1.807, 2.05) is 0 Å². The monoisotopic (exact) mass is 488 g/mol. The number of phenolic OH excluding ortho intramolecular Hbond substituents is 1. The fourth-order valence-corrected chi connectivity index (χ4v) is 3.25. The average molecular weight is 488 g/mol. The van der Waals surface area contributed by atoms with E-state index in [1.54, 1.807) is 0 Å². The standard InChI is InChI=1S/C23H19F3N4O5/c24-23(25,26)17-9-15(31)3-5-18(17)35-16-4-2-14(27-12-16)11-29-21(34)22(7-8-22)30-20(33)13-1-6-19(32)28-10-13/h1-6,9-10,12,31H,7-8,11H2,(H,28,32)(H,29,34)(H,30,33). The number of hydrogen-bond acceptors (Lipinski definition) is 6. The van der Waals surface area contributed by atoms with Gasteiger partial charge >= 0.3 is 6.18 Å². The number of hydrogen-bond donors (Lipinski definition) is 4. The molecule has 4 N–H and O–H groups in total. The predicted molar refractivity (Wildman–Crippen MR) is 116 cm³/mol. The second-order valence-corrected chi connectivity index (χ2v) is 7.93. The van der Waals surface area contributed by atoms with Crippen molar-refractivity contribution in [2.45, 2.75) is 31.1 Å². The van der Waals surface area contributed by atoms with E-state index >= 15 is 0 Å². The first-order valence-electron chi connectivity index (χ1n) is 10.4. The number of pyridine rings is 2. The third kappa shape index (κ3) is 5.60. The SMILES string of the molecule is O=C(NC1(C(=O)NCc2ccc(Oc3ccc(O)cc3C(F)(F)F)cn2)CC1)c1ccc(=O)[nH]c1. The van der Waals surface area contributed by atoms with E-state index in [-0.39, 0.29) is 23.4 Å². The summed E-state index contributed by atoms with van der Waals surface area (Å²) in [6.07, 6.45) is -1.36. The molecular formula is C23H19F3N4O5. The minimum Gasteiger partial charge on any atom is -0.508 e. The summed E-state index contributed by atoms with van der Waals surface area (Å²) in [4.78, 5) is 42.6. The van der Waals surface area contributed by atoms with Crippen LogP contribution in [-0.4, -0.2) is 32.4 Å². The van der Waals surface area contributed by atoms with E-state index in [0.29, 0.717) is 24.6 Å². The van der Waals surface area contributed by atoms with Gasteiger partial charge in [0.2, 0.25) is 11.5 Å². The number of benzene rings is 1. The van der Waals surface area contributed by atoms with Gasteiger partial charge in [0.25, 0.3) is 5.91 Å². The molecule has 0 spiro atoms. The maximum Gasteiger partial charge on any atom is 0.420 e. The topological polar surface area (TPSA) is 133 Å². The maximum absolute atomic E-state index is 13.2. The summed E-state index contributed by atoms with van der Waals surface area (Å²) >= 11 is 0. The minimum absolute atomic E-state index is 0.0163. The average Bonchev–Trinajstić information content (AvgIpc) is 3.60. The Morgan fingerprint density at radius 1 is 1.14 bits per heavy atom. The molecule has 4 rings (SSSR count). The molecule has 1 fully saturated rings. The largest absolute Gasteiger partial charge is 0.508 e. The number of H-pyrrole nitrogens is 1. The molecule has 0 bridgehead atoms. The van der Waals surface area contributed by atoms with E-state index < -0.39 is 40.6 Å². The van der Waals surface area contributed by atoms with E-state index in [1.165, 1.54) is 36.7 Å². The first-order valence-corrected chi connectivity index (χ1v) is 10.4. The van der Waals surface area contributed by atoms with Gasteiger partial charge in [-0.1, -0.05) is 0 Å². The zero-order valence-electron chi connectivity index (χ0n) is 18.0. The summed E-state index contributed by atoms with van der Waals surface area (Å²) in [6.45, 7) is 0.0163. The first kappa shape index (κ1) is 23.8. The van der Waals surface area contributed by atoms with Gasteiger partial charge in [-0.05, 0) is 49.2 Å². The van der Waals surface area contributed by atoms with Crippen LogP contribution in [0.4, 0.5) is 13.2 Å². The fraction of sp³-hybridized carbons (Fsp3) is 0.217. The number of rotatable bonds is 7. The zero-order chi connectivity index (χ0) is 25.2. The van der Waals surface area contributed by atoms with Gasteiger partial charge in [-0.2, -0.15) is 13.2 Å². The number of ether oxygens (including phenoxy) is 1. The summed E-state index contributed by atoms with van der Waals surface area (Å²) < 4.78 is 44.8. The molecular weight excluding hydrogens is 469 g/mol. The normalized spacial score (nSPS) is 14.1. The lowest BCUT2D eigenvalue weighted by Crippen LogP contribution is -2.48. The number of alkyl halides is 3. The molecule has 1 aliphatic carbocycles. The van der Waals surface area contributed by atoms with E-state index in [0.717, 1.165) is 12.1 Å². The molecule has 3 aromatic rings. The lowest BCUT2D eigenvalue weighted by atomic mass is 10.2. The Kier molecular flexibility index (Phi) is 6.20. The smallest absolute Gasteiger partial charge is 0.420 e. The van der Waals surface area contributed by atoms with Crippen LogP contribution in [0.3, 0.4) is 0 Å². The molecule has 0 radical (unpaired) electrons. The third-order valence-electron chi connectivity index (χ3n) is 5.31. The highest BCUT2D eigenvalue weighted by Gasteiger charge is 2.51. The molecule has 12 heteroatoms. The maximum atomic E-state index is 13.2. The Morgan fingerprint density at radius 3 is 2.51 bits per heavy atom. The lowest BCUT2D eigenvalue weighted by Gasteiger charge is -2.17. The number of carbonyl (C=O) groups is 2. The van der Waals surface area contributed by atoms with Crippen molar-refractivity contribution in [2.75, 3.05) is 0 Å². The van der Waals surface area contributed by atoms with Crippen LogP contribution < -0.4 is 20.9 Å². The second-order valence-electron chi connectivity index (χ2n) is 7.93. The number of aromatic hydroxyl groups is 1. The van der Waals surface area contributed by atoms with Crippen LogP contribution in [0.2, 0.25) is 0 Å². The van der Waals surface area contributed by atoms with Gasteiger partial charge in [0.15, 0.2) is 0 Å². The summed E-state index contributed by atoms with van der Waals surface area (Å²) in [5, 5.41) is 14.7. The highest BCUT2D eigenvalue weighted by molar-refractivity contribution is 6.00. The number of amides is 2. The van der Waals surface area contributed by atoms with Crippen molar-refractivity contribution in [3.8, 4) is 17.2 Å². The second kappa shape index (κ2) is 9.12. The van der Waals surface area contributed by atoms with Crippen LogP contribution in [0.15, 0.2) is 59.7 Å². The van der Waals surface area contributed by atoms with Gasteiger partial charge in [-0.25, -0.2) is 0 Å². The molecule has 0 saturated heterocycles. The minimum atomic E-state index is -4.72. The van der Waals surface area contributed by atoms with Crippen molar-refractivity contribution in [2.24, 2.45) is 0 Å². The van der Waals surface area contributed by atoms with Gasteiger partial charge in [0.1, 0.15) is 28.4 Å². The summed E-state index contributed by atoms with van der Waals surface area (Å²) in [5.74, 6) is -1.91. The van der Waals surface area contributed by atoms with Gasteiger partial charge < -0.3 is 25.5 Å². The molecule has 2 aromatic heterocycles. The molecule has 0 aliphatic heterocycles. The van der Waals surface area contributed by atoms with Crippen LogP contribution in [-0.2, 0) is 17.5 Å².